The summed E-state index contributed by atoms with van der Waals surface area (Å²) in [7, 11) is 0. The van der Waals surface area contributed by atoms with E-state index in [-0.39, 0.29) is 5.48 Å². The molecule has 0 aliphatic heterocycles. The lowest BCUT2D eigenvalue weighted by atomic mass is 9.95. The van der Waals surface area contributed by atoms with Gasteiger partial charge in [0.15, 0.2) is 5.38 Å². The standard InChI is InChI=1S/C9H13S.H2O/c1-9(2,3)8-6-4-5-7-10-8;/h4-7H,1-3H3;1H2/q+1;/p-1. The SMILES string of the molecule is CC(C)(C)c1cccc[s+]1.[OH-]. The molecule has 2 heteroatoms. The second-order valence-electron chi connectivity index (χ2n) is 3.42. The maximum Gasteiger partial charge on any atom is 0.215 e. The average Bonchev–Trinajstić information content (AvgIpc) is 1.88. The Hall–Kier alpha value is -0.470. The Morgan fingerprint density at radius 1 is 1.18 bits per heavy atom. The molecule has 0 fully saturated rings. The molecule has 0 saturated heterocycles. The maximum absolute atomic E-state index is 2.23. The molecule has 0 aliphatic carbocycles. The van der Waals surface area contributed by atoms with Gasteiger partial charge in [0.05, 0.1) is 0 Å². The van der Waals surface area contributed by atoms with Gasteiger partial charge in [0.25, 0.3) is 0 Å². The van der Waals surface area contributed by atoms with Crippen molar-refractivity contribution >= 4 is 11.3 Å². The molecule has 0 radical (unpaired) electrons. The van der Waals surface area contributed by atoms with Crippen LogP contribution < -0.4 is 0 Å². The molecule has 0 spiro atoms. The van der Waals surface area contributed by atoms with Crippen LogP contribution in [0.2, 0.25) is 0 Å². The molecule has 1 heterocycles. The van der Waals surface area contributed by atoms with Crippen molar-refractivity contribution in [2.75, 3.05) is 0 Å². The molecule has 0 unspecified atom stereocenters. The Balaban J connectivity index is 0.000001000. The third-order valence-corrected chi connectivity index (χ3v) is 2.67. The van der Waals surface area contributed by atoms with E-state index in [1.807, 2.05) is 11.3 Å². The van der Waals surface area contributed by atoms with E-state index in [1.165, 1.54) is 4.88 Å². The molecule has 1 aromatic rings. The zero-order valence-electron chi connectivity index (χ0n) is 7.16. The van der Waals surface area contributed by atoms with Crippen molar-refractivity contribution in [1.29, 1.82) is 0 Å². The van der Waals surface area contributed by atoms with Gasteiger partial charge < -0.3 is 5.48 Å². The quantitative estimate of drug-likeness (QED) is 0.550. The van der Waals surface area contributed by atoms with Crippen LogP contribution in [0.25, 0.3) is 0 Å². The zero-order valence-corrected chi connectivity index (χ0v) is 7.98. The molecule has 11 heavy (non-hydrogen) atoms. The van der Waals surface area contributed by atoms with Crippen LogP contribution in [0.3, 0.4) is 0 Å². The van der Waals surface area contributed by atoms with Crippen LogP contribution in [-0.2, 0) is 5.41 Å². The minimum atomic E-state index is 0. The average molecular weight is 170 g/mol. The van der Waals surface area contributed by atoms with Crippen molar-refractivity contribution in [2.24, 2.45) is 0 Å². The molecule has 0 saturated carbocycles. The van der Waals surface area contributed by atoms with Gasteiger partial charge in [-0.05, 0) is 12.1 Å². The van der Waals surface area contributed by atoms with Gasteiger partial charge in [-0.3, -0.25) is 0 Å². The fourth-order valence-corrected chi connectivity index (χ4v) is 1.59. The number of rotatable bonds is 0. The fraction of sp³-hybridized carbons (Fsp3) is 0.444. The molecule has 1 rings (SSSR count). The van der Waals surface area contributed by atoms with Crippen LogP contribution in [0.4, 0.5) is 0 Å². The topological polar surface area (TPSA) is 30.0 Å². The van der Waals surface area contributed by atoms with Gasteiger partial charge in [0.2, 0.25) is 16.2 Å². The molecule has 0 atom stereocenters. The van der Waals surface area contributed by atoms with Crippen LogP contribution >= 0.6 is 11.3 Å². The van der Waals surface area contributed by atoms with Crippen molar-refractivity contribution in [1.82, 2.24) is 0 Å². The van der Waals surface area contributed by atoms with E-state index in [0.29, 0.717) is 5.41 Å². The summed E-state index contributed by atoms with van der Waals surface area (Å²) in [5, 5.41) is 2.13. The molecule has 1 aromatic heterocycles. The Bertz CT molecular complexity index is 201. The molecule has 0 bridgehead atoms. The molecule has 0 amide bonds. The highest BCUT2D eigenvalue weighted by Gasteiger charge is 2.21. The normalized spacial score (nSPS) is 10.5. The summed E-state index contributed by atoms with van der Waals surface area (Å²) in [4.78, 5) is 1.44. The summed E-state index contributed by atoms with van der Waals surface area (Å²) in [6, 6.07) is 6.35. The second-order valence-corrected chi connectivity index (χ2v) is 4.37. The molecular formula is C9H14OS. The predicted molar refractivity (Wildman–Crippen MR) is 49.4 cm³/mol. The summed E-state index contributed by atoms with van der Waals surface area (Å²) >= 11 is 1.82. The third-order valence-electron chi connectivity index (χ3n) is 1.37. The van der Waals surface area contributed by atoms with E-state index in [0.717, 1.165) is 0 Å². The molecule has 62 valence electrons. The van der Waals surface area contributed by atoms with Crippen LogP contribution in [0, 0.1) is 0 Å². The van der Waals surface area contributed by atoms with E-state index in [1.54, 1.807) is 0 Å². The Labute approximate surface area is 72.0 Å². The first-order chi connectivity index (χ1) is 4.61. The first-order valence-electron chi connectivity index (χ1n) is 3.48. The van der Waals surface area contributed by atoms with Gasteiger partial charge >= 0.3 is 0 Å². The van der Waals surface area contributed by atoms with Gasteiger partial charge in [-0.15, -0.1) is 0 Å². The molecule has 1 N–H and O–H groups in total. The van der Waals surface area contributed by atoms with Crippen LogP contribution in [0.15, 0.2) is 23.6 Å². The van der Waals surface area contributed by atoms with Gasteiger partial charge in [0, 0.05) is 5.41 Å². The third kappa shape index (κ3) is 2.95. The van der Waals surface area contributed by atoms with Crippen LogP contribution in [0.1, 0.15) is 25.6 Å². The molecular weight excluding hydrogens is 156 g/mol. The second kappa shape index (κ2) is 3.79. The lowest BCUT2D eigenvalue weighted by Crippen LogP contribution is -2.08. The van der Waals surface area contributed by atoms with E-state index < -0.39 is 0 Å². The summed E-state index contributed by atoms with van der Waals surface area (Å²) in [6.45, 7) is 6.70. The van der Waals surface area contributed by atoms with Crippen molar-refractivity contribution in [3.63, 3.8) is 0 Å². The Morgan fingerprint density at radius 3 is 2.09 bits per heavy atom. The molecule has 0 aromatic carbocycles. The highest BCUT2D eigenvalue weighted by Crippen LogP contribution is 2.24. The fourth-order valence-electron chi connectivity index (χ4n) is 0.767. The van der Waals surface area contributed by atoms with Gasteiger partial charge in [-0.2, -0.15) is 0 Å². The van der Waals surface area contributed by atoms with Crippen molar-refractivity contribution in [2.45, 2.75) is 26.2 Å². The minimum Gasteiger partial charge on any atom is -0.870 e. The van der Waals surface area contributed by atoms with Crippen molar-refractivity contribution < 1.29 is 5.48 Å². The van der Waals surface area contributed by atoms with Crippen molar-refractivity contribution in [3.05, 3.63) is 28.5 Å². The minimum absolute atomic E-state index is 0. The molecule has 0 aliphatic rings. The molecule has 1 nitrogen and oxygen atoms in total. The monoisotopic (exact) mass is 170 g/mol. The van der Waals surface area contributed by atoms with E-state index in [2.05, 4.69) is 44.4 Å². The Morgan fingerprint density at radius 2 is 1.82 bits per heavy atom. The highest BCUT2D eigenvalue weighted by atomic mass is 32.1. The van der Waals surface area contributed by atoms with E-state index >= 15 is 0 Å². The first kappa shape index (κ1) is 10.5. The summed E-state index contributed by atoms with van der Waals surface area (Å²) < 4.78 is 0. The van der Waals surface area contributed by atoms with Crippen molar-refractivity contribution in [3.8, 4) is 0 Å². The number of hydrogen-bond acceptors (Lipinski definition) is 1. The summed E-state index contributed by atoms with van der Waals surface area (Å²) in [6.07, 6.45) is 0. The Kier molecular flexibility index (Phi) is 3.63. The highest BCUT2D eigenvalue weighted by molar-refractivity contribution is 7.09. The van der Waals surface area contributed by atoms with E-state index in [4.69, 9.17) is 0 Å². The zero-order chi connectivity index (χ0) is 7.61. The lowest BCUT2D eigenvalue weighted by molar-refractivity contribution is 0.603. The van der Waals surface area contributed by atoms with Gasteiger partial charge in [-0.1, -0.05) is 26.8 Å². The number of hydrogen-bond donors (Lipinski definition) is 0. The largest absolute Gasteiger partial charge is 0.870 e. The van der Waals surface area contributed by atoms with Gasteiger partial charge in [-0.25, -0.2) is 0 Å². The van der Waals surface area contributed by atoms with E-state index in [9.17, 15) is 0 Å². The predicted octanol–water partition coefficient (Wildman–Crippen LogP) is 3.15. The summed E-state index contributed by atoms with van der Waals surface area (Å²) in [5.41, 5.74) is 0.311. The van der Waals surface area contributed by atoms with Gasteiger partial charge in [0.1, 0.15) is 0 Å². The van der Waals surface area contributed by atoms with Crippen LogP contribution in [-0.4, -0.2) is 5.48 Å². The van der Waals surface area contributed by atoms with Crippen LogP contribution in [0.5, 0.6) is 0 Å². The first-order valence-corrected chi connectivity index (χ1v) is 4.36. The smallest absolute Gasteiger partial charge is 0.215 e. The maximum atomic E-state index is 2.23. The lowest BCUT2D eigenvalue weighted by Gasteiger charge is -2.08. The summed E-state index contributed by atoms with van der Waals surface area (Å²) in [5.74, 6) is 0.